The highest BCUT2D eigenvalue weighted by Crippen LogP contribution is 2.26. The van der Waals surface area contributed by atoms with Crippen LogP contribution in [0.4, 0.5) is 0 Å². The number of carboxylic acids is 1. The highest BCUT2D eigenvalue weighted by atomic mass is 35.5. The van der Waals surface area contributed by atoms with Gasteiger partial charge in [0.2, 0.25) is 5.96 Å². The Balaban J connectivity index is 0.00000118. The Hall–Kier alpha value is -2.28. The van der Waals surface area contributed by atoms with E-state index in [-0.39, 0.29) is 5.96 Å². The van der Waals surface area contributed by atoms with Gasteiger partial charge in [-0.3, -0.25) is 10.2 Å². The van der Waals surface area contributed by atoms with E-state index in [0.717, 1.165) is 25.3 Å². The fraction of sp³-hybridized carbons (Fsp3) is 0.438. The first-order valence-electron chi connectivity index (χ1n) is 7.55. The molecule has 0 fully saturated rings. The summed E-state index contributed by atoms with van der Waals surface area (Å²) in [6, 6.07) is 5.42. The van der Waals surface area contributed by atoms with Gasteiger partial charge in [0.1, 0.15) is 5.75 Å². The molecular formula is C16H25ClN4O3. The van der Waals surface area contributed by atoms with Gasteiger partial charge in [-0.2, -0.15) is 5.10 Å². The van der Waals surface area contributed by atoms with Gasteiger partial charge in [0.15, 0.2) is 0 Å². The molecule has 0 saturated heterocycles. The SMILES string of the molecule is CC(=O)O.CCC(CC)COc1ccc(C=NNC(=N)N)cc1Cl. The minimum absolute atomic E-state index is 0.211. The molecule has 0 heterocycles. The van der Waals surface area contributed by atoms with Crippen molar-refractivity contribution in [2.45, 2.75) is 33.6 Å². The molecule has 0 atom stereocenters. The van der Waals surface area contributed by atoms with Crippen molar-refractivity contribution in [1.82, 2.24) is 5.43 Å². The van der Waals surface area contributed by atoms with Crippen molar-refractivity contribution < 1.29 is 14.6 Å². The number of carbonyl (C=O) groups is 1. The Morgan fingerprint density at radius 2 is 2.08 bits per heavy atom. The zero-order valence-electron chi connectivity index (χ0n) is 14.2. The molecule has 0 aliphatic heterocycles. The Bertz CT molecular complexity index is 556. The third-order valence-electron chi connectivity index (χ3n) is 2.98. The topological polar surface area (TPSA) is 121 Å². The lowest BCUT2D eigenvalue weighted by atomic mass is 10.1. The van der Waals surface area contributed by atoms with Crippen LogP contribution in [0.1, 0.15) is 39.2 Å². The molecule has 0 saturated carbocycles. The predicted octanol–water partition coefficient (Wildman–Crippen LogP) is 3.06. The number of ether oxygens (including phenoxy) is 1. The molecule has 0 aliphatic carbocycles. The van der Waals surface area contributed by atoms with Crippen molar-refractivity contribution in [2.24, 2.45) is 16.8 Å². The van der Waals surface area contributed by atoms with E-state index >= 15 is 0 Å². The second-order valence-corrected chi connectivity index (χ2v) is 5.39. The normalized spacial score (nSPS) is 10.2. The van der Waals surface area contributed by atoms with Crippen LogP contribution in [0.15, 0.2) is 23.3 Å². The number of carboxylic acid groups (broad SMARTS) is 1. The van der Waals surface area contributed by atoms with Gasteiger partial charge in [0.05, 0.1) is 17.8 Å². The molecule has 24 heavy (non-hydrogen) atoms. The van der Waals surface area contributed by atoms with Crippen LogP contribution in [0.25, 0.3) is 0 Å². The largest absolute Gasteiger partial charge is 0.492 e. The number of halogens is 1. The minimum atomic E-state index is -0.833. The van der Waals surface area contributed by atoms with Crippen LogP contribution in [-0.2, 0) is 4.79 Å². The van der Waals surface area contributed by atoms with Crippen molar-refractivity contribution in [3.63, 3.8) is 0 Å². The summed E-state index contributed by atoms with van der Waals surface area (Å²) in [5.74, 6) is 0.180. The molecule has 8 heteroatoms. The molecule has 1 aromatic carbocycles. The molecular weight excluding hydrogens is 332 g/mol. The van der Waals surface area contributed by atoms with E-state index in [1.165, 1.54) is 6.21 Å². The highest BCUT2D eigenvalue weighted by Gasteiger charge is 2.07. The van der Waals surface area contributed by atoms with E-state index in [1.54, 1.807) is 6.07 Å². The van der Waals surface area contributed by atoms with Crippen LogP contribution in [0.3, 0.4) is 0 Å². The Kier molecular flexibility index (Phi) is 11.0. The lowest BCUT2D eigenvalue weighted by molar-refractivity contribution is -0.134. The monoisotopic (exact) mass is 356 g/mol. The first-order chi connectivity index (χ1) is 11.3. The van der Waals surface area contributed by atoms with E-state index in [0.29, 0.717) is 23.3 Å². The number of nitrogens with zero attached hydrogens (tertiary/aromatic N) is 1. The molecule has 1 rings (SSSR count). The average molecular weight is 357 g/mol. The number of hydrogen-bond donors (Lipinski definition) is 4. The lowest BCUT2D eigenvalue weighted by Gasteiger charge is -2.14. The predicted molar refractivity (Wildman–Crippen MR) is 97.0 cm³/mol. The van der Waals surface area contributed by atoms with Gasteiger partial charge in [-0.15, -0.1) is 0 Å². The number of hydrogen-bond acceptors (Lipinski definition) is 4. The fourth-order valence-electron chi connectivity index (χ4n) is 1.62. The van der Waals surface area contributed by atoms with Gasteiger partial charge in [-0.05, 0) is 29.7 Å². The van der Waals surface area contributed by atoms with Crippen LogP contribution in [0, 0.1) is 11.3 Å². The van der Waals surface area contributed by atoms with Crippen molar-refractivity contribution in [3.05, 3.63) is 28.8 Å². The summed E-state index contributed by atoms with van der Waals surface area (Å²) in [6.07, 6.45) is 3.73. The van der Waals surface area contributed by atoms with Crippen molar-refractivity contribution in [3.8, 4) is 5.75 Å². The summed E-state index contributed by atoms with van der Waals surface area (Å²) in [5, 5.41) is 18.7. The molecule has 0 bridgehead atoms. The molecule has 5 N–H and O–H groups in total. The van der Waals surface area contributed by atoms with Gasteiger partial charge >= 0.3 is 0 Å². The van der Waals surface area contributed by atoms with Crippen molar-refractivity contribution in [2.75, 3.05) is 6.61 Å². The smallest absolute Gasteiger partial charge is 0.300 e. The van der Waals surface area contributed by atoms with Crippen LogP contribution >= 0.6 is 11.6 Å². The van der Waals surface area contributed by atoms with E-state index in [9.17, 15) is 0 Å². The summed E-state index contributed by atoms with van der Waals surface area (Å²) >= 11 is 6.17. The standard InChI is InChI=1S/C14H21ClN4O.C2H4O2/c1-3-10(4-2)9-20-13-6-5-11(7-12(13)15)8-18-19-14(16)17;1-2(3)4/h5-8,10H,3-4,9H2,1-2H3,(H4,16,17,19);1H3,(H,3,4). The summed E-state index contributed by atoms with van der Waals surface area (Å²) in [5.41, 5.74) is 8.26. The van der Waals surface area contributed by atoms with E-state index < -0.39 is 5.97 Å². The maximum atomic E-state index is 9.00. The van der Waals surface area contributed by atoms with Crippen LogP contribution in [0.2, 0.25) is 5.02 Å². The van der Waals surface area contributed by atoms with Gasteiger partial charge in [0, 0.05) is 6.92 Å². The van der Waals surface area contributed by atoms with Gasteiger partial charge in [-0.1, -0.05) is 38.3 Å². The Morgan fingerprint density at radius 3 is 2.54 bits per heavy atom. The maximum absolute atomic E-state index is 9.00. The van der Waals surface area contributed by atoms with E-state index in [2.05, 4.69) is 24.4 Å². The van der Waals surface area contributed by atoms with Crippen molar-refractivity contribution >= 4 is 29.7 Å². The Morgan fingerprint density at radius 1 is 1.50 bits per heavy atom. The molecule has 7 nitrogen and oxygen atoms in total. The zero-order valence-corrected chi connectivity index (χ0v) is 14.9. The quantitative estimate of drug-likeness (QED) is 0.340. The summed E-state index contributed by atoms with van der Waals surface area (Å²) in [7, 11) is 0. The molecule has 0 radical (unpaired) electrons. The molecule has 0 aliphatic rings. The molecule has 0 aromatic heterocycles. The van der Waals surface area contributed by atoms with Gasteiger partial charge in [0.25, 0.3) is 5.97 Å². The van der Waals surface area contributed by atoms with Crippen LogP contribution < -0.4 is 15.9 Å². The highest BCUT2D eigenvalue weighted by molar-refractivity contribution is 6.32. The summed E-state index contributed by atoms with van der Waals surface area (Å²) < 4.78 is 5.73. The third kappa shape index (κ3) is 10.4. The van der Waals surface area contributed by atoms with Gasteiger partial charge in [-0.25, -0.2) is 5.43 Å². The number of guanidine groups is 1. The first kappa shape index (κ1) is 21.7. The van der Waals surface area contributed by atoms with E-state index in [1.807, 2.05) is 12.1 Å². The van der Waals surface area contributed by atoms with Crippen LogP contribution in [-0.4, -0.2) is 29.9 Å². The number of benzene rings is 1. The third-order valence-corrected chi connectivity index (χ3v) is 3.28. The lowest BCUT2D eigenvalue weighted by Crippen LogP contribution is -2.25. The number of aliphatic carboxylic acids is 1. The fourth-order valence-corrected chi connectivity index (χ4v) is 1.87. The second kappa shape index (κ2) is 12.2. The Labute approximate surface area is 147 Å². The summed E-state index contributed by atoms with van der Waals surface area (Å²) in [4.78, 5) is 9.00. The number of nitrogens with one attached hydrogen (secondary N) is 2. The number of hydrazone groups is 1. The van der Waals surface area contributed by atoms with Crippen LogP contribution in [0.5, 0.6) is 5.75 Å². The van der Waals surface area contributed by atoms with E-state index in [4.69, 9.17) is 37.4 Å². The maximum Gasteiger partial charge on any atom is 0.300 e. The summed E-state index contributed by atoms with van der Waals surface area (Å²) in [6.45, 7) is 6.06. The van der Waals surface area contributed by atoms with Gasteiger partial charge < -0.3 is 15.6 Å². The van der Waals surface area contributed by atoms with Crippen molar-refractivity contribution in [1.29, 1.82) is 5.41 Å². The molecule has 1 aromatic rings. The number of rotatable bonds is 7. The molecule has 0 amide bonds. The number of nitrogens with two attached hydrogens (primary N) is 1. The molecule has 0 spiro atoms. The first-order valence-corrected chi connectivity index (χ1v) is 7.92. The minimum Gasteiger partial charge on any atom is -0.492 e. The molecule has 134 valence electrons. The molecule has 0 unspecified atom stereocenters. The second-order valence-electron chi connectivity index (χ2n) is 4.99. The average Bonchev–Trinajstić information content (AvgIpc) is 2.49. The zero-order chi connectivity index (χ0) is 18.5.